The Bertz CT molecular complexity index is 765. The molecular formula is C17H14FN3. The summed E-state index contributed by atoms with van der Waals surface area (Å²) in [6.07, 6.45) is 3.33. The Labute approximate surface area is 122 Å². The van der Waals surface area contributed by atoms with Crippen molar-refractivity contribution in [2.24, 2.45) is 0 Å². The molecule has 0 amide bonds. The van der Waals surface area contributed by atoms with Crippen LogP contribution in [0.15, 0.2) is 48.8 Å². The highest BCUT2D eigenvalue weighted by Crippen LogP contribution is 2.20. The molecule has 0 atom stereocenters. The highest BCUT2D eigenvalue weighted by Gasteiger charge is 2.06. The van der Waals surface area contributed by atoms with Crippen LogP contribution in [0.1, 0.15) is 11.1 Å². The summed E-state index contributed by atoms with van der Waals surface area (Å²) in [5, 5.41) is 0. The largest absolute Gasteiger partial charge is 0.236 e. The molecule has 0 fully saturated rings. The first-order valence-electron chi connectivity index (χ1n) is 6.66. The molecule has 2 aromatic heterocycles. The highest BCUT2D eigenvalue weighted by molar-refractivity contribution is 5.60. The van der Waals surface area contributed by atoms with Gasteiger partial charge in [0.05, 0.1) is 5.69 Å². The predicted octanol–water partition coefficient (Wildman–Crippen LogP) is 3.96. The van der Waals surface area contributed by atoms with Crippen LogP contribution in [-0.4, -0.2) is 15.0 Å². The van der Waals surface area contributed by atoms with Gasteiger partial charge < -0.3 is 0 Å². The maximum Gasteiger partial charge on any atom is 0.216 e. The third kappa shape index (κ3) is 2.79. The van der Waals surface area contributed by atoms with E-state index in [-0.39, 0.29) is 0 Å². The number of halogens is 1. The second-order valence-electron chi connectivity index (χ2n) is 4.97. The second-order valence-corrected chi connectivity index (χ2v) is 4.97. The highest BCUT2D eigenvalue weighted by atomic mass is 19.1. The van der Waals surface area contributed by atoms with E-state index in [2.05, 4.69) is 15.0 Å². The van der Waals surface area contributed by atoms with Crippen molar-refractivity contribution in [1.29, 1.82) is 0 Å². The summed E-state index contributed by atoms with van der Waals surface area (Å²) in [4.78, 5) is 12.6. The van der Waals surface area contributed by atoms with Gasteiger partial charge in [-0.1, -0.05) is 35.9 Å². The second kappa shape index (κ2) is 5.40. The number of hydrogen-bond donors (Lipinski definition) is 0. The van der Waals surface area contributed by atoms with Crippen molar-refractivity contribution in [3.63, 3.8) is 0 Å². The number of hydrogen-bond acceptors (Lipinski definition) is 3. The van der Waals surface area contributed by atoms with Gasteiger partial charge in [-0.3, -0.25) is 0 Å². The van der Waals surface area contributed by atoms with E-state index in [1.165, 1.54) is 5.56 Å². The topological polar surface area (TPSA) is 38.7 Å². The number of rotatable bonds is 2. The summed E-state index contributed by atoms with van der Waals surface area (Å²) in [5.41, 5.74) is 3.90. The molecule has 4 heteroatoms. The molecule has 0 radical (unpaired) electrons. The average Bonchev–Trinajstić information content (AvgIpc) is 2.51. The van der Waals surface area contributed by atoms with Gasteiger partial charge in [-0.25, -0.2) is 15.0 Å². The Balaban J connectivity index is 1.93. The fourth-order valence-electron chi connectivity index (χ4n) is 1.98. The van der Waals surface area contributed by atoms with Crippen molar-refractivity contribution >= 4 is 0 Å². The lowest BCUT2D eigenvalue weighted by molar-refractivity contribution is 0.576. The first kappa shape index (κ1) is 13.4. The minimum atomic E-state index is -0.463. The van der Waals surface area contributed by atoms with E-state index >= 15 is 0 Å². The Morgan fingerprint density at radius 2 is 1.48 bits per heavy atom. The van der Waals surface area contributed by atoms with Crippen LogP contribution in [0.4, 0.5) is 4.39 Å². The summed E-state index contributed by atoms with van der Waals surface area (Å²) in [6, 6.07) is 11.5. The first-order chi connectivity index (χ1) is 10.1. The molecular weight excluding hydrogens is 265 g/mol. The lowest BCUT2D eigenvalue weighted by Gasteiger charge is -2.04. The van der Waals surface area contributed by atoms with Crippen molar-refractivity contribution in [2.75, 3.05) is 0 Å². The van der Waals surface area contributed by atoms with Gasteiger partial charge in [-0.05, 0) is 19.9 Å². The van der Waals surface area contributed by atoms with Gasteiger partial charge in [-0.15, -0.1) is 0 Å². The van der Waals surface area contributed by atoms with Crippen LogP contribution < -0.4 is 0 Å². The van der Waals surface area contributed by atoms with Crippen LogP contribution >= 0.6 is 0 Å². The van der Waals surface area contributed by atoms with Crippen LogP contribution in [0.2, 0.25) is 0 Å². The average molecular weight is 279 g/mol. The van der Waals surface area contributed by atoms with Crippen LogP contribution in [0.25, 0.3) is 22.6 Å². The molecule has 0 aliphatic rings. The molecule has 21 heavy (non-hydrogen) atoms. The third-order valence-corrected chi connectivity index (χ3v) is 3.29. The number of nitrogens with zero attached hydrogens (tertiary/aromatic N) is 3. The molecule has 2 heterocycles. The van der Waals surface area contributed by atoms with E-state index in [9.17, 15) is 4.39 Å². The zero-order valence-corrected chi connectivity index (χ0v) is 11.8. The first-order valence-corrected chi connectivity index (χ1v) is 6.66. The molecule has 3 nitrogen and oxygen atoms in total. The zero-order valence-electron chi connectivity index (χ0n) is 11.8. The number of aryl methyl sites for hydroxylation is 2. The fraction of sp³-hybridized carbons (Fsp3) is 0.118. The fourth-order valence-corrected chi connectivity index (χ4v) is 1.98. The van der Waals surface area contributed by atoms with Gasteiger partial charge in [0.2, 0.25) is 5.95 Å². The number of aromatic nitrogens is 3. The van der Waals surface area contributed by atoms with Crippen molar-refractivity contribution in [2.45, 2.75) is 13.8 Å². The monoisotopic (exact) mass is 279 g/mol. The normalized spacial score (nSPS) is 10.6. The number of pyridine rings is 1. The lowest BCUT2D eigenvalue weighted by Crippen LogP contribution is -1.94. The van der Waals surface area contributed by atoms with Crippen LogP contribution in [-0.2, 0) is 0 Å². The molecule has 0 N–H and O–H groups in total. The van der Waals surface area contributed by atoms with Gasteiger partial charge in [0, 0.05) is 29.1 Å². The van der Waals surface area contributed by atoms with Gasteiger partial charge in [-0.2, -0.15) is 4.39 Å². The number of benzene rings is 1. The quantitative estimate of drug-likeness (QED) is 0.666. The van der Waals surface area contributed by atoms with E-state index in [1.54, 1.807) is 31.5 Å². The minimum absolute atomic E-state index is 0.463. The van der Waals surface area contributed by atoms with Crippen molar-refractivity contribution < 1.29 is 4.39 Å². The lowest BCUT2D eigenvalue weighted by atomic mass is 10.1. The van der Waals surface area contributed by atoms with Gasteiger partial charge in [0.15, 0.2) is 5.82 Å². The molecule has 0 unspecified atom stereocenters. The van der Waals surface area contributed by atoms with Gasteiger partial charge >= 0.3 is 0 Å². The summed E-state index contributed by atoms with van der Waals surface area (Å²) in [7, 11) is 0. The van der Waals surface area contributed by atoms with Crippen LogP contribution in [0.5, 0.6) is 0 Å². The molecule has 0 aliphatic carbocycles. The molecule has 0 aliphatic heterocycles. The molecule has 1 aromatic carbocycles. The van der Waals surface area contributed by atoms with Gasteiger partial charge in [0.25, 0.3) is 0 Å². The van der Waals surface area contributed by atoms with Crippen molar-refractivity contribution in [1.82, 2.24) is 15.0 Å². The van der Waals surface area contributed by atoms with E-state index < -0.39 is 5.95 Å². The maximum absolute atomic E-state index is 13.5. The predicted molar refractivity (Wildman–Crippen MR) is 80.1 cm³/mol. The SMILES string of the molecule is Cc1ccc(-c2ncc(-c3ccc(C)c(F)n3)cn2)cc1. The van der Waals surface area contributed by atoms with E-state index in [0.717, 1.165) is 5.56 Å². The third-order valence-electron chi connectivity index (χ3n) is 3.29. The van der Waals surface area contributed by atoms with E-state index in [4.69, 9.17) is 0 Å². The van der Waals surface area contributed by atoms with Crippen LogP contribution in [0.3, 0.4) is 0 Å². The van der Waals surface area contributed by atoms with E-state index in [1.807, 2.05) is 31.2 Å². The summed E-state index contributed by atoms with van der Waals surface area (Å²) >= 11 is 0. The Morgan fingerprint density at radius 1 is 0.810 bits per heavy atom. The molecule has 3 rings (SSSR count). The molecule has 104 valence electrons. The van der Waals surface area contributed by atoms with Crippen LogP contribution in [0, 0.1) is 19.8 Å². The Hall–Kier alpha value is -2.62. The maximum atomic E-state index is 13.5. The molecule has 0 saturated carbocycles. The standard InChI is InChI=1S/C17H14FN3/c1-11-3-6-13(7-4-11)17-19-9-14(10-20-17)15-8-5-12(2)16(18)21-15/h3-10H,1-2H3. The molecule has 3 aromatic rings. The summed E-state index contributed by atoms with van der Waals surface area (Å²) in [5.74, 6) is 0.182. The van der Waals surface area contributed by atoms with Gasteiger partial charge in [0.1, 0.15) is 0 Å². The van der Waals surface area contributed by atoms with Crippen molar-refractivity contribution in [3.8, 4) is 22.6 Å². The molecule has 0 saturated heterocycles. The summed E-state index contributed by atoms with van der Waals surface area (Å²) in [6.45, 7) is 3.72. The van der Waals surface area contributed by atoms with Crippen molar-refractivity contribution in [3.05, 3.63) is 65.9 Å². The zero-order chi connectivity index (χ0) is 14.8. The smallest absolute Gasteiger partial charge is 0.216 e. The minimum Gasteiger partial charge on any atom is -0.236 e. The molecule has 0 bridgehead atoms. The Kier molecular flexibility index (Phi) is 3.44. The van der Waals surface area contributed by atoms with E-state index in [0.29, 0.717) is 22.6 Å². The molecule has 0 spiro atoms. The summed E-state index contributed by atoms with van der Waals surface area (Å²) < 4.78 is 13.5. The Morgan fingerprint density at radius 3 is 2.10 bits per heavy atom.